The first kappa shape index (κ1) is 30.1. The second kappa shape index (κ2) is 11.0. The normalized spacial score (nSPS) is 42.9. The molecule has 5 aliphatic rings. The number of Topliss-reactive ketones (excluding diaryl/α,β-unsaturated/α-hetero) is 1. The van der Waals surface area contributed by atoms with E-state index in [1.807, 2.05) is 20.8 Å². The highest BCUT2D eigenvalue weighted by molar-refractivity contribution is 5.84. The number of carbonyl (C=O) groups excluding carboxylic acids is 2. The van der Waals surface area contributed by atoms with Gasteiger partial charge in [0.05, 0.1) is 5.60 Å². The highest BCUT2D eigenvalue weighted by Gasteiger charge is 2.65. The largest absolute Gasteiger partial charge is 0.463 e. The van der Waals surface area contributed by atoms with Crippen molar-refractivity contribution in [3.63, 3.8) is 0 Å². The number of fused-ring (bicyclic) bond motifs is 5. The van der Waals surface area contributed by atoms with Crippen LogP contribution in [0, 0.1) is 52.3 Å². The number of carbonyl (C=O) groups is 2. The van der Waals surface area contributed by atoms with Gasteiger partial charge in [-0.3, -0.25) is 9.59 Å². The Hall–Kier alpha value is -1.42. The molecule has 4 saturated carbocycles. The summed E-state index contributed by atoms with van der Waals surface area (Å²) in [4.78, 5) is 25.7. The quantitative estimate of drug-likeness (QED) is 0.320. The number of rotatable bonds is 5. The van der Waals surface area contributed by atoms with E-state index in [1.54, 1.807) is 0 Å². The summed E-state index contributed by atoms with van der Waals surface area (Å²) in [5, 5.41) is 11.8. The lowest BCUT2D eigenvalue weighted by molar-refractivity contribution is -0.213. The predicted octanol–water partition coefficient (Wildman–Crippen LogP) is 6.22. The van der Waals surface area contributed by atoms with Crippen LogP contribution in [0.15, 0.2) is 0 Å². The van der Waals surface area contributed by atoms with Gasteiger partial charge in [-0.15, -0.1) is 0 Å². The van der Waals surface area contributed by atoms with E-state index in [4.69, 9.17) is 14.2 Å². The Balaban J connectivity index is 1.28. The molecular formula is C34H52O6. The molecule has 0 amide bonds. The molecule has 0 aromatic rings. The molecule has 10 unspecified atom stereocenters. The molecule has 5 fully saturated rings. The lowest BCUT2D eigenvalue weighted by atomic mass is 9.44. The minimum Gasteiger partial charge on any atom is -0.463 e. The van der Waals surface area contributed by atoms with E-state index in [0.717, 1.165) is 70.8 Å². The Morgan fingerprint density at radius 2 is 1.85 bits per heavy atom. The Morgan fingerprint density at radius 3 is 2.55 bits per heavy atom. The lowest BCUT2D eigenvalue weighted by Crippen LogP contribution is -2.59. The summed E-state index contributed by atoms with van der Waals surface area (Å²) >= 11 is 0. The number of hydrogen-bond donors (Lipinski definition) is 1. The van der Waals surface area contributed by atoms with Crippen LogP contribution in [0.4, 0.5) is 0 Å². The minimum absolute atomic E-state index is 0.00816. The average Bonchev–Trinajstić information content (AvgIpc) is 3.21. The van der Waals surface area contributed by atoms with Crippen molar-refractivity contribution < 1.29 is 28.9 Å². The topological polar surface area (TPSA) is 82.1 Å². The Kier molecular flexibility index (Phi) is 8.27. The first-order valence-electron chi connectivity index (χ1n) is 16.0. The van der Waals surface area contributed by atoms with Crippen molar-refractivity contribution in [2.45, 2.75) is 142 Å². The predicted molar refractivity (Wildman–Crippen MR) is 153 cm³/mol. The zero-order valence-corrected chi connectivity index (χ0v) is 25.7. The first-order valence-corrected chi connectivity index (χ1v) is 16.0. The molecule has 224 valence electrons. The van der Waals surface area contributed by atoms with E-state index in [2.05, 4.69) is 25.7 Å². The molecule has 1 N–H and O–H groups in total. The Labute approximate surface area is 241 Å². The Bertz CT molecular complexity index is 1030. The van der Waals surface area contributed by atoms with E-state index in [-0.39, 0.29) is 41.0 Å². The van der Waals surface area contributed by atoms with Crippen LogP contribution in [0.2, 0.25) is 0 Å². The van der Waals surface area contributed by atoms with Gasteiger partial charge in [-0.1, -0.05) is 25.7 Å². The number of ether oxygens (including phenoxy) is 3. The van der Waals surface area contributed by atoms with Crippen molar-refractivity contribution in [1.82, 2.24) is 0 Å². The molecule has 6 heteroatoms. The molecule has 4 aliphatic carbocycles. The second-order valence-electron chi connectivity index (χ2n) is 15.1. The fraction of sp³-hybridized carbons (Fsp3) is 0.882. The maximum atomic E-state index is 14.1. The summed E-state index contributed by atoms with van der Waals surface area (Å²) in [6.07, 6.45) is 10.8. The van der Waals surface area contributed by atoms with Crippen LogP contribution in [0.25, 0.3) is 0 Å². The second-order valence-corrected chi connectivity index (χ2v) is 15.1. The SMILES string of the molecule is CC(=O)OC1CCC2(C)C(CCC3C4CCC(C(C)(O)C#CCC(C)(C)OC5CCCCO5)C4(C)CC(=O)C32)C1. The summed E-state index contributed by atoms with van der Waals surface area (Å²) in [5.74, 6) is 7.98. The maximum absolute atomic E-state index is 14.1. The highest BCUT2D eigenvalue weighted by atomic mass is 16.7. The molecule has 1 aliphatic heterocycles. The molecule has 1 saturated heterocycles. The number of ketones is 1. The van der Waals surface area contributed by atoms with Crippen LogP contribution < -0.4 is 0 Å². The summed E-state index contributed by atoms with van der Waals surface area (Å²) in [7, 11) is 0. The number of aliphatic hydroxyl groups is 1. The average molecular weight is 557 g/mol. The zero-order valence-electron chi connectivity index (χ0n) is 25.7. The zero-order chi connectivity index (χ0) is 28.9. The first-order chi connectivity index (χ1) is 18.8. The fourth-order valence-electron chi connectivity index (χ4n) is 10.0. The smallest absolute Gasteiger partial charge is 0.302 e. The van der Waals surface area contributed by atoms with E-state index in [9.17, 15) is 14.7 Å². The van der Waals surface area contributed by atoms with E-state index in [0.29, 0.717) is 36.4 Å². The molecule has 40 heavy (non-hydrogen) atoms. The molecule has 0 aromatic carbocycles. The van der Waals surface area contributed by atoms with Gasteiger partial charge in [0.15, 0.2) is 6.29 Å². The van der Waals surface area contributed by atoms with Crippen molar-refractivity contribution >= 4 is 11.8 Å². The third-order valence-electron chi connectivity index (χ3n) is 11.8. The molecule has 1 heterocycles. The van der Waals surface area contributed by atoms with Crippen molar-refractivity contribution in [1.29, 1.82) is 0 Å². The standard InChI is InChI=1S/C34H52O6/c1-22(35)39-24-15-18-32(4)23(20-24)11-12-25-26-13-14-28(33(26,5)21-27(36)30(25)32)34(6,37)17-9-16-31(2,3)40-29-10-7-8-19-38-29/h23-26,28-30,37H,7-8,10-16,18-21H2,1-6H3. The summed E-state index contributed by atoms with van der Waals surface area (Å²) in [6, 6.07) is 0. The van der Waals surface area contributed by atoms with Crippen molar-refractivity contribution in [3.05, 3.63) is 0 Å². The van der Waals surface area contributed by atoms with Crippen LogP contribution in [0.3, 0.4) is 0 Å². The van der Waals surface area contributed by atoms with Crippen LogP contribution in [0.5, 0.6) is 0 Å². The lowest BCUT2D eigenvalue weighted by Gasteiger charge is -2.60. The molecule has 0 aromatic heterocycles. The molecule has 0 spiro atoms. The van der Waals surface area contributed by atoms with Crippen LogP contribution in [-0.4, -0.2) is 47.1 Å². The van der Waals surface area contributed by atoms with Gasteiger partial charge < -0.3 is 19.3 Å². The monoisotopic (exact) mass is 556 g/mol. The number of hydrogen-bond acceptors (Lipinski definition) is 6. The highest BCUT2D eigenvalue weighted by Crippen LogP contribution is 2.67. The van der Waals surface area contributed by atoms with Gasteiger partial charge in [-0.05, 0) is 114 Å². The van der Waals surface area contributed by atoms with E-state index >= 15 is 0 Å². The van der Waals surface area contributed by atoms with Gasteiger partial charge in [-0.2, -0.15) is 0 Å². The van der Waals surface area contributed by atoms with Crippen LogP contribution >= 0.6 is 0 Å². The molecular weight excluding hydrogens is 504 g/mol. The van der Waals surface area contributed by atoms with Gasteiger partial charge in [0.25, 0.3) is 0 Å². The molecule has 5 rings (SSSR count). The van der Waals surface area contributed by atoms with E-state index < -0.39 is 11.2 Å². The third kappa shape index (κ3) is 5.64. The van der Waals surface area contributed by atoms with Crippen LogP contribution in [-0.2, 0) is 23.8 Å². The van der Waals surface area contributed by atoms with Gasteiger partial charge in [0.2, 0.25) is 0 Å². The van der Waals surface area contributed by atoms with Gasteiger partial charge >= 0.3 is 5.97 Å². The molecule has 0 bridgehead atoms. The van der Waals surface area contributed by atoms with Crippen molar-refractivity contribution in [3.8, 4) is 11.8 Å². The van der Waals surface area contributed by atoms with Gasteiger partial charge in [0.1, 0.15) is 17.5 Å². The molecule has 0 radical (unpaired) electrons. The van der Waals surface area contributed by atoms with Crippen molar-refractivity contribution in [2.75, 3.05) is 6.61 Å². The summed E-state index contributed by atoms with van der Waals surface area (Å²) in [6.45, 7) is 12.8. The molecule has 6 nitrogen and oxygen atoms in total. The van der Waals surface area contributed by atoms with E-state index in [1.165, 1.54) is 6.92 Å². The summed E-state index contributed by atoms with van der Waals surface area (Å²) in [5.41, 5.74) is -1.87. The minimum atomic E-state index is -1.16. The van der Waals surface area contributed by atoms with Crippen LogP contribution in [0.1, 0.15) is 119 Å². The molecule has 10 atom stereocenters. The Morgan fingerprint density at radius 1 is 1.07 bits per heavy atom. The third-order valence-corrected chi connectivity index (χ3v) is 11.8. The van der Waals surface area contributed by atoms with Crippen molar-refractivity contribution in [2.24, 2.45) is 40.4 Å². The van der Waals surface area contributed by atoms with Gasteiger partial charge in [0, 0.05) is 38.2 Å². The maximum Gasteiger partial charge on any atom is 0.302 e. The van der Waals surface area contributed by atoms with Gasteiger partial charge in [-0.25, -0.2) is 0 Å². The fourth-order valence-corrected chi connectivity index (χ4v) is 10.0. The number of esters is 1. The summed E-state index contributed by atoms with van der Waals surface area (Å²) < 4.78 is 17.6.